The first-order valence-corrected chi connectivity index (χ1v) is 10.6. The molecule has 0 N–H and O–H groups in total. The Bertz CT molecular complexity index is 588. The topological polar surface area (TPSA) is 56.3 Å². The summed E-state index contributed by atoms with van der Waals surface area (Å²) in [5.41, 5.74) is -0.0641. The van der Waals surface area contributed by atoms with Gasteiger partial charge in [-0.05, 0) is 12.1 Å². The van der Waals surface area contributed by atoms with E-state index in [4.69, 9.17) is 27.9 Å². The van der Waals surface area contributed by atoms with Crippen LogP contribution in [0, 0.1) is 5.82 Å². The highest BCUT2D eigenvalue weighted by molar-refractivity contribution is 6.89. The molecular weight excluding hydrogens is 336 g/mol. The average molecular weight is 352 g/mol. The van der Waals surface area contributed by atoms with Gasteiger partial charge in [0.1, 0.15) is 11.6 Å². The molecular formula is C13H16Cl2FNO3Si. The molecule has 8 heteroatoms. The van der Waals surface area contributed by atoms with Crippen LogP contribution in [0.4, 0.5) is 4.39 Å². The molecule has 0 aliphatic carbocycles. The summed E-state index contributed by atoms with van der Waals surface area (Å²) in [5.74, 6) is -2.04. The molecule has 0 aromatic carbocycles. The fourth-order valence-corrected chi connectivity index (χ4v) is 4.35. The Morgan fingerprint density at radius 3 is 2.29 bits per heavy atom. The van der Waals surface area contributed by atoms with E-state index < -0.39 is 32.1 Å². The molecule has 0 radical (unpaired) electrons. The highest BCUT2D eigenvalue weighted by Gasteiger charge is 2.32. The van der Waals surface area contributed by atoms with Crippen LogP contribution in [0.2, 0.25) is 29.9 Å². The maximum Gasteiger partial charge on any atom is 0.313 e. The van der Waals surface area contributed by atoms with Crippen LogP contribution in [-0.4, -0.2) is 31.4 Å². The SMILES string of the molecule is CCOC(=O)CC(=O)c1c(Cl)nc(Cl)c(F)c1[Si](C)(C)C. The van der Waals surface area contributed by atoms with Gasteiger partial charge >= 0.3 is 5.97 Å². The van der Waals surface area contributed by atoms with Crippen molar-refractivity contribution in [2.24, 2.45) is 0 Å². The molecule has 1 heterocycles. The number of halogens is 3. The van der Waals surface area contributed by atoms with Crippen molar-refractivity contribution in [1.29, 1.82) is 0 Å². The molecule has 116 valence electrons. The summed E-state index contributed by atoms with van der Waals surface area (Å²) in [4.78, 5) is 27.3. The lowest BCUT2D eigenvalue weighted by atomic mass is 10.1. The van der Waals surface area contributed by atoms with Gasteiger partial charge in [0, 0.05) is 0 Å². The summed E-state index contributed by atoms with van der Waals surface area (Å²) in [6.45, 7) is 7.33. The Morgan fingerprint density at radius 2 is 1.81 bits per heavy atom. The number of pyridine rings is 1. The Balaban J connectivity index is 3.38. The van der Waals surface area contributed by atoms with Crippen LogP contribution >= 0.6 is 23.2 Å². The summed E-state index contributed by atoms with van der Waals surface area (Å²) in [5, 5.41) is -0.375. The third kappa shape index (κ3) is 4.25. The van der Waals surface area contributed by atoms with E-state index in [1.54, 1.807) is 6.92 Å². The Hall–Kier alpha value is -0.983. The van der Waals surface area contributed by atoms with Crippen LogP contribution in [0.5, 0.6) is 0 Å². The van der Waals surface area contributed by atoms with Crippen molar-refractivity contribution in [1.82, 2.24) is 4.98 Å². The van der Waals surface area contributed by atoms with E-state index in [-0.39, 0.29) is 27.7 Å². The van der Waals surface area contributed by atoms with Crippen LogP contribution in [0.3, 0.4) is 0 Å². The molecule has 4 nitrogen and oxygen atoms in total. The second kappa shape index (κ2) is 6.85. The van der Waals surface area contributed by atoms with E-state index in [1.165, 1.54) is 0 Å². The lowest BCUT2D eigenvalue weighted by molar-refractivity contribution is -0.141. The van der Waals surface area contributed by atoms with E-state index >= 15 is 0 Å². The third-order valence-electron chi connectivity index (χ3n) is 2.69. The molecule has 0 spiro atoms. The molecule has 0 saturated heterocycles. The standard InChI is InChI=1S/C13H16Cl2FNO3Si/c1-5-20-8(19)6-7(18)9-11(21(2,3)4)10(16)13(15)17-12(9)14/h5-6H2,1-4H3. The molecule has 1 aromatic heterocycles. The number of carbonyl (C=O) groups excluding carboxylic acids is 2. The zero-order valence-corrected chi connectivity index (χ0v) is 14.7. The van der Waals surface area contributed by atoms with Gasteiger partial charge in [0.2, 0.25) is 0 Å². The van der Waals surface area contributed by atoms with Crippen molar-refractivity contribution in [2.45, 2.75) is 33.0 Å². The lowest BCUT2D eigenvalue weighted by Gasteiger charge is -2.22. The van der Waals surface area contributed by atoms with E-state index in [1.807, 2.05) is 19.6 Å². The van der Waals surface area contributed by atoms with E-state index in [9.17, 15) is 14.0 Å². The fraction of sp³-hybridized carbons (Fsp3) is 0.462. The van der Waals surface area contributed by atoms with Crippen molar-refractivity contribution in [3.8, 4) is 0 Å². The molecule has 1 rings (SSSR count). The first-order valence-electron chi connectivity index (χ1n) is 6.33. The number of aromatic nitrogens is 1. The van der Waals surface area contributed by atoms with Crippen LogP contribution in [0.15, 0.2) is 0 Å². The molecule has 0 aliphatic heterocycles. The van der Waals surface area contributed by atoms with Gasteiger partial charge in [-0.2, -0.15) is 0 Å². The zero-order valence-electron chi connectivity index (χ0n) is 12.2. The molecule has 0 amide bonds. The number of Topliss-reactive ketones (excluding diaryl/α,β-unsaturated/α-hetero) is 1. The first-order chi connectivity index (χ1) is 9.59. The summed E-state index contributed by atoms with van der Waals surface area (Å²) >= 11 is 11.7. The average Bonchev–Trinajstić information content (AvgIpc) is 2.31. The quantitative estimate of drug-likeness (QED) is 0.268. The van der Waals surface area contributed by atoms with Crippen molar-refractivity contribution in [3.63, 3.8) is 0 Å². The molecule has 21 heavy (non-hydrogen) atoms. The third-order valence-corrected chi connectivity index (χ3v) is 5.19. The minimum atomic E-state index is -2.27. The number of hydrogen-bond donors (Lipinski definition) is 0. The van der Waals surface area contributed by atoms with Gasteiger partial charge in [0.05, 0.1) is 20.2 Å². The van der Waals surface area contributed by atoms with Crippen LogP contribution in [0.1, 0.15) is 23.7 Å². The smallest absolute Gasteiger partial charge is 0.313 e. The predicted molar refractivity (Wildman–Crippen MR) is 82.8 cm³/mol. The zero-order chi connectivity index (χ0) is 16.4. The lowest BCUT2D eigenvalue weighted by Crippen LogP contribution is -2.44. The Kier molecular flexibility index (Phi) is 5.89. The number of esters is 1. The second-order valence-electron chi connectivity index (χ2n) is 5.41. The molecule has 1 aromatic rings. The van der Waals surface area contributed by atoms with E-state index in [0.29, 0.717) is 0 Å². The van der Waals surface area contributed by atoms with Gasteiger partial charge in [-0.25, -0.2) is 9.37 Å². The second-order valence-corrected chi connectivity index (χ2v) is 11.1. The highest BCUT2D eigenvalue weighted by Crippen LogP contribution is 2.23. The molecule has 0 unspecified atom stereocenters. The van der Waals surface area contributed by atoms with Crippen molar-refractivity contribution in [2.75, 3.05) is 6.61 Å². The van der Waals surface area contributed by atoms with Crippen LogP contribution in [0.25, 0.3) is 0 Å². The highest BCUT2D eigenvalue weighted by atomic mass is 35.5. The summed E-state index contributed by atoms with van der Waals surface area (Å²) < 4.78 is 19.0. The van der Waals surface area contributed by atoms with Crippen molar-refractivity contribution >= 4 is 48.2 Å². The number of carbonyl (C=O) groups is 2. The summed E-state index contributed by atoms with van der Waals surface area (Å²) in [7, 11) is -2.27. The first kappa shape index (κ1) is 18.1. The minimum Gasteiger partial charge on any atom is -0.466 e. The van der Waals surface area contributed by atoms with Gasteiger partial charge in [-0.15, -0.1) is 0 Å². The Labute approximate surface area is 133 Å². The number of nitrogens with zero attached hydrogens (tertiary/aromatic N) is 1. The van der Waals surface area contributed by atoms with Gasteiger partial charge in [-0.1, -0.05) is 42.8 Å². The van der Waals surface area contributed by atoms with Gasteiger partial charge in [-0.3, -0.25) is 9.59 Å². The Morgan fingerprint density at radius 1 is 1.24 bits per heavy atom. The summed E-state index contributed by atoms with van der Waals surface area (Å²) in [6, 6.07) is 0. The van der Waals surface area contributed by atoms with Crippen LogP contribution in [-0.2, 0) is 9.53 Å². The van der Waals surface area contributed by atoms with E-state index in [0.717, 1.165) is 0 Å². The molecule has 0 atom stereocenters. The monoisotopic (exact) mass is 351 g/mol. The van der Waals surface area contributed by atoms with E-state index in [2.05, 4.69) is 4.98 Å². The van der Waals surface area contributed by atoms with Gasteiger partial charge in [0.25, 0.3) is 0 Å². The normalized spacial score (nSPS) is 11.4. The largest absolute Gasteiger partial charge is 0.466 e. The molecule has 0 aliphatic rings. The maximum atomic E-state index is 14.3. The number of ketones is 1. The number of ether oxygens (including phenoxy) is 1. The summed E-state index contributed by atoms with van der Waals surface area (Å²) in [6.07, 6.45) is -0.506. The predicted octanol–water partition coefficient (Wildman–Crippen LogP) is 3.21. The van der Waals surface area contributed by atoms with Gasteiger partial charge < -0.3 is 4.74 Å². The molecule has 0 fully saturated rings. The molecule has 0 saturated carbocycles. The maximum absolute atomic E-state index is 14.3. The van der Waals surface area contributed by atoms with Gasteiger partial charge in [0.15, 0.2) is 16.8 Å². The van der Waals surface area contributed by atoms with Crippen molar-refractivity contribution in [3.05, 3.63) is 21.7 Å². The minimum absolute atomic E-state index is 0.0641. The number of rotatable bonds is 5. The molecule has 0 bridgehead atoms. The fourth-order valence-electron chi connectivity index (χ4n) is 1.90. The van der Waals surface area contributed by atoms with Crippen molar-refractivity contribution < 1.29 is 18.7 Å². The van der Waals surface area contributed by atoms with Crippen LogP contribution < -0.4 is 5.19 Å². The number of hydrogen-bond acceptors (Lipinski definition) is 4.